The summed E-state index contributed by atoms with van der Waals surface area (Å²) in [5, 5.41) is 0.677. The largest absolute Gasteiger partial charge is 0.381 e. The van der Waals surface area contributed by atoms with Crippen molar-refractivity contribution in [3.63, 3.8) is 0 Å². The highest BCUT2D eigenvalue weighted by Gasteiger charge is 2.48. The molecular formula is C24H26ClN5O3. The molecule has 0 radical (unpaired) electrons. The molecule has 0 atom stereocenters. The van der Waals surface area contributed by atoms with E-state index in [2.05, 4.69) is 11.0 Å². The number of rotatable bonds is 3. The van der Waals surface area contributed by atoms with Crippen LogP contribution in [0.1, 0.15) is 24.1 Å². The number of halogens is 1. The van der Waals surface area contributed by atoms with E-state index in [-0.39, 0.29) is 11.6 Å². The quantitative estimate of drug-likeness (QED) is 0.692. The van der Waals surface area contributed by atoms with Crippen molar-refractivity contribution in [3.8, 4) is 0 Å². The normalized spacial score (nSPS) is 21.8. The molecule has 9 heteroatoms. The van der Waals surface area contributed by atoms with Crippen molar-refractivity contribution < 1.29 is 14.3 Å². The van der Waals surface area contributed by atoms with Gasteiger partial charge >= 0.3 is 6.03 Å². The lowest BCUT2D eigenvalue weighted by Gasteiger charge is -2.37. The van der Waals surface area contributed by atoms with Crippen LogP contribution in [0.4, 0.5) is 16.2 Å². The predicted molar refractivity (Wildman–Crippen MR) is 126 cm³/mol. The first-order valence-electron chi connectivity index (χ1n) is 11.5. The van der Waals surface area contributed by atoms with Crippen LogP contribution in [0.5, 0.6) is 0 Å². The van der Waals surface area contributed by atoms with Crippen molar-refractivity contribution in [2.45, 2.75) is 24.9 Å². The molecule has 0 saturated carbocycles. The molecule has 0 bridgehead atoms. The Hall–Kier alpha value is -2.68. The molecule has 33 heavy (non-hydrogen) atoms. The number of carbonyl (C=O) groups excluding carboxylic acids is 1. The number of amidine groups is 1. The minimum Gasteiger partial charge on any atom is -0.381 e. The number of benzene rings is 1. The summed E-state index contributed by atoms with van der Waals surface area (Å²) in [5.74, 6) is 0.692. The van der Waals surface area contributed by atoms with Crippen molar-refractivity contribution in [1.82, 2.24) is 9.88 Å². The lowest BCUT2D eigenvalue weighted by molar-refractivity contribution is 0.0540. The fourth-order valence-electron chi connectivity index (χ4n) is 5.04. The van der Waals surface area contributed by atoms with Gasteiger partial charge < -0.3 is 14.4 Å². The second-order valence-electron chi connectivity index (χ2n) is 9.01. The Morgan fingerprint density at radius 3 is 2.52 bits per heavy atom. The van der Waals surface area contributed by atoms with Gasteiger partial charge in [-0.05, 0) is 36.6 Å². The van der Waals surface area contributed by atoms with Gasteiger partial charge in [0.25, 0.3) is 0 Å². The average molecular weight is 468 g/mol. The summed E-state index contributed by atoms with van der Waals surface area (Å²) in [6, 6.07) is 9.66. The lowest BCUT2D eigenvalue weighted by atomic mass is 9.91. The number of carbonyl (C=O) groups is 1. The molecule has 2 fully saturated rings. The zero-order valence-corrected chi connectivity index (χ0v) is 19.1. The molecule has 0 N–H and O–H groups in total. The molecule has 2 saturated heterocycles. The van der Waals surface area contributed by atoms with E-state index in [1.807, 2.05) is 40.3 Å². The first-order valence-corrected chi connectivity index (χ1v) is 11.8. The fourth-order valence-corrected chi connectivity index (χ4v) is 5.16. The number of hydrogen-bond donors (Lipinski definition) is 0. The van der Waals surface area contributed by atoms with Crippen LogP contribution in [0.3, 0.4) is 0 Å². The van der Waals surface area contributed by atoms with E-state index in [1.165, 1.54) is 0 Å². The minimum atomic E-state index is -0.276. The third kappa shape index (κ3) is 3.76. The summed E-state index contributed by atoms with van der Waals surface area (Å²) >= 11 is 6.09. The Bertz CT molecular complexity index is 1090. The number of aromatic nitrogens is 1. The number of ether oxygens (including phenoxy) is 2. The van der Waals surface area contributed by atoms with Crippen molar-refractivity contribution >= 4 is 34.8 Å². The number of anilines is 2. The van der Waals surface area contributed by atoms with Crippen LogP contribution in [0, 0.1) is 0 Å². The highest BCUT2D eigenvalue weighted by molar-refractivity contribution is 6.30. The summed E-state index contributed by atoms with van der Waals surface area (Å²) in [7, 11) is 0. The standard InChI is InChI=1S/C24H26ClN5O3/c25-18-3-1-17(2-4-18)15-29-20-13-19(28-7-11-33-12-8-28)14-26-21(20)22-27-24(5-9-32-10-6-24)16-30(22)23(29)31/h1-4,13-14H,5-12,15-16H2. The fraction of sp³-hybridized carbons (Fsp3) is 0.458. The maximum Gasteiger partial charge on any atom is 0.330 e. The van der Waals surface area contributed by atoms with Gasteiger partial charge in [-0.2, -0.15) is 0 Å². The van der Waals surface area contributed by atoms with Crippen LogP contribution in [-0.2, 0) is 16.0 Å². The number of aliphatic imine (C=N–C) groups is 1. The Morgan fingerprint density at radius 2 is 1.76 bits per heavy atom. The van der Waals surface area contributed by atoms with Crippen LogP contribution >= 0.6 is 11.6 Å². The summed E-state index contributed by atoms with van der Waals surface area (Å²) < 4.78 is 11.1. The maximum absolute atomic E-state index is 13.8. The van der Waals surface area contributed by atoms with Gasteiger partial charge in [-0.3, -0.25) is 14.8 Å². The van der Waals surface area contributed by atoms with Crippen molar-refractivity contribution in [3.05, 3.63) is 52.8 Å². The van der Waals surface area contributed by atoms with Crippen molar-refractivity contribution in [2.24, 2.45) is 4.99 Å². The van der Waals surface area contributed by atoms with Gasteiger partial charge in [0.2, 0.25) is 0 Å². The van der Waals surface area contributed by atoms with E-state index in [9.17, 15) is 4.79 Å². The van der Waals surface area contributed by atoms with Gasteiger partial charge in [-0.25, -0.2) is 9.78 Å². The molecule has 2 amide bonds. The van der Waals surface area contributed by atoms with Gasteiger partial charge in [0.15, 0.2) is 5.84 Å². The lowest BCUT2D eigenvalue weighted by Crippen LogP contribution is -2.52. The maximum atomic E-state index is 13.8. The summed E-state index contributed by atoms with van der Waals surface area (Å²) in [5.41, 5.74) is 3.30. The molecule has 0 aliphatic carbocycles. The number of fused-ring (bicyclic) bond motifs is 3. The minimum absolute atomic E-state index is 0.0551. The molecule has 1 spiro atoms. The number of nitrogens with zero attached hydrogens (tertiary/aromatic N) is 5. The van der Waals surface area contributed by atoms with Crippen LogP contribution < -0.4 is 9.80 Å². The van der Waals surface area contributed by atoms with E-state index in [0.29, 0.717) is 50.4 Å². The zero-order chi connectivity index (χ0) is 22.4. The van der Waals surface area contributed by atoms with E-state index < -0.39 is 0 Å². The van der Waals surface area contributed by atoms with Crippen molar-refractivity contribution in [2.75, 3.05) is 55.9 Å². The number of urea groups is 1. The van der Waals surface area contributed by atoms with E-state index in [1.54, 1.807) is 0 Å². The van der Waals surface area contributed by atoms with Crippen LogP contribution in [0.15, 0.2) is 41.5 Å². The Labute approximate surface area is 197 Å². The van der Waals surface area contributed by atoms with E-state index in [0.717, 1.165) is 48.6 Å². The Kier molecular flexibility index (Phi) is 5.24. The summed E-state index contributed by atoms with van der Waals surface area (Å²) in [4.78, 5) is 29.6. The third-order valence-electron chi connectivity index (χ3n) is 6.92. The number of amides is 2. The molecule has 5 heterocycles. The Balaban J connectivity index is 1.42. The first-order chi connectivity index (χ1) is 16.1. The van der Waals surface area contributed by atoms with Gasteiger partial charge in [0.05, 0.1) is 49.4 Å². The van der Waals surface area contributed by atoms with Gasteiger partial charge in [0, 0.05) is 31.3 Å². The van der Waals surface area contributed by atoms with Gasteiger partial charge in [-0.1, -0.05) is 23.7 Å². The van der Waals surface area contributed by atoms with E-state index >= 15 is 0 Å². The van der Waals surface area contributed by atoms with Crippen molar-refractivity contribution in [1.29, 1.82) is 0 Å². The first kappa shape index (κ1) is 20.9. The molecule has 172 valence electrons. The Morgan fingerprint density at radius 1 is 1.03 bits per heavy atom. The monoisotopic (exact) mass is 467 g/mol. The van der Waals surface area contributed by atoms with Gasteiger partial charge in [-0.15, -0.1) is 0 Å². The van der Waals surface area contributed by atoms with Crippen LogP contribution in [0.25, 0.3) is 0 Å². The smallest absolute Gasteiger partial charge is 0.330 e. The highest BCUT2D eigenvalue weighted by Crippen LogP contribution is 2.40. The number of morpholine rings is 1. The molecule has 4 aliphatic heterocycles. The number of pyridine rings is 1. The third-order valence-corrected chi connectivity index (χ3v) is 7.17. The zero-order valence-electron chi connectivity index (χ0n) is 18.4. The summed E-state index contributed by atoms with van der Waals surface area (Å²) in [6.45, 7) is 5.35. The molecule has 6 rings (SSSR count). The van der Waals surface area contributed by atoms with Crippen LogP contribution in [0.2, 0.25) is 5.02 Å². The second-order valence-corrected chi connectivity index (χ2v) is 9.45. The molecule has 1 aromatic carbocycles. The molecule has 4 aliphatic rings. The van der Waals surface area contributed by atoms with E-state index in [4.69, 9.17) is 31.1 Å². The SMILES string of the molecule is O=C1N2CC3(CCOCC3)N=C2c2ncc(N3CCOCC3)cc2N1Cc1ccc(Cl)cc1. The predicted octanol–water partition coefficient (Wildman–Crippen LogP) is 3.32. The second kappa shape index (κ2) is 8.27. The molecule has 2 aromatic rings. The topological polar surface area (TPSA) is 70.5 Å². The molecule has 0 unspecified atom stereocenters. The number of hydrogen-bond acceptors (Lipinski definition) is 6. The molecule has 1 aromatic heterocycles. The summed E-state index contributed by atoms with van der Waals surface area (Å²) in [6.07, 6.45) is 3.54. The highest BCUT2D eigenvalue weighted by atomic mass is 35.5. The van der Waals surface area contributed by atoms with Gasteiger partial charge in [0.1, 0.15) is 5.69 Å². The molecular weight excluding hydrogens is 442 g/mol. The van der Waals surface area contributed by atoms with Crippen LogP contribution in [-0.4, -0.2) is 73.4 Å². The molecule has 8 nitrogen and oxygen atoms in total. The average Bonchev–Trinajstić information content (AvgIpc) is 3.22.